The maximum Gasteiger partial charge on any atom is 0.321 e. The van der Waals surface area contributed by atoms with E-state index in [4.69, 9.17) is 15.9 Å². The third-order valence-corrected chi connectivity index (χ3v) is 3.01. The van der Waals surface area contributed by atoms with Gasteiger partial charge in [0, 0.05) is 11.0 Å². The predicted octanol–water partition coefficient (Wildman–Crippen LogP) is -0.0992. The molecule has 4 nitrogen and oxygen atoms in total. The summed E-state index contributed by atoms with van der Waals surface area (Å²) in [7, 11) is 0. The average molecular weight is 193 g/mol. The summed E-state index contributed by atoms with van der Waals surface area (Å²) < 4.78 is 0. The van der Waals surface area contributed by atoms with Crippen molar-refractivity contribution in [2.75, 3.05) is 5.75 Å². The summed E-state index contributed by atoms with van der Waals surface area (Å²) in [4.78, 5) is 10.3. The molecule has 0 amide bonds. The Morgan fingerprint density at radius 1 is 1.58 bits per heavy atom. The lowest BCUT2D eigenvalue weighted by Crippen LogP contribution is -2.33. The molecule has 0 spiro atoms. The van der Waals surface area contributed by atoms with Gasteiger partial charge in [0.15, 0.2) is 0 Å². The van der Waals surface area contributed by atoms with Crippen molar-refractivity contribution in [1.29, 1.82) is 0 Å². The molecule has 0 saturated carbocycles. The summed E-state index contributed by atoms with van der Waals surface area (Å²) in [5, 5.41) is 17.5. The van der Waals surface area contributed by atoms with E-state index in [1.165, 1.54) is 11.8 Å². The second kappa shape index (κ2) is 5.40. The van der Waals surface area contributed by atoms with Gasteiger partial charge in [0.1, 0.15) is 6.04 Å². The Morgan fingerprint density at radius 2 is 2.08 bits per heavy atom. The summed E-state index contributed by atoms with van der Waals surface area (Å²) in [5.74, 6) is -0.665. The van der Waals surface area contributed by atoms with Gasteiger partial charge in [0.2, 0.25) is 0 Å². The molecule has 3 atom stereocenters. The second-order valence-electron chi connectivity index (χ2n) is 2.72. The maximum atomic E-state index is 10.3. The number of carbonyl (C=O) groups is 1. The van der Waals surface area contributed by atoms with Crippen LogP contribution < -0.4 is 5.73 Å². The van der Waals surface area contributed by atoms with Crippen molar-refractivity contribution in [2.24, 2.45) is 5.73 Å². The minimum atomic E-state index is -1.000. The van der Waals surface area contributed by atoms with E-state index in [9.17, 15) is 4.79 Å². The highest BCUT2D eigenvalue weighted by Crippen LogP contribution is 2.14. The summed E-state index contributed by atoms with van der Waals surface area (Å²) in [5.41, 5.74) is 5.26. The van der Waals surface area contributed by atoms with E-state index >= 15 is 0 Å². The summed E-state index contributed by atoms with van der Waals surface area (Å²) in [6.45, 7) is 3.51. The van der Waals surface area contributed by atoms with Gasteiger partial charge in [-0.1, -0.05) is 6.92 Å². The number of thioether (sulfide) groups is 1. The fraction of sp³-hybridized carbons (Fsp3) is 0.857. The summed E-state index contributed by atoms with van der Waals surface area (Å²) >= 11 is 1.37. The quantitative estimate of drug-likeness (QED) is 0.568. The largest absolute Gasteiger partial charge is 0.480 e. The van der Waals surface area contributed by atoms with Crippen LogP contribution in [-0.4, -0.2) is 39.3 Å². The van der Waals surface area contributed by atoms with Crippen LogP contribution in [0.4, 0.5) is 0 Å². The SMILES string of the molecule is CC(O)C(C)SC[C@H](N)C(=O)O. The molecule has 0 aromatic carbocycles. The van der Waals surface area contributed by atoms with Crippen molar-refractivity contribution in [2.45, 2.75) is 31.2 Å². The van der Waals surface area contributed by atoms with Crippen molar-refractivity contribution in [3.63, 3.8) is 0 Å². The van der Waals surface area contributed by atoms with E-state index in [-0.39, 0.29) is 5.25 Å². The minimum Gasteiger partial charge on any atom is -0.480 e. The van der Waals surface area contributed by atoms with Gasteiger partial charge in [-0.15, -0.1) is 0 Å². The van der Waals surface area contributed by atoms with Crippen molar-refractivity contribution >= 4 is 17.7 Å². The smallest absolute Gasteiger partial charge is 0.321 e. The van der Waals surface area contributed by atoms with Gasteiger partial charge in [0.25, 0.3) is 0 Å². The summed E-state index contributed by atoms with van der Waals surface area (Å²) in [6, 6.07) is -0.837. The Balaban J connectivity index is 3.61. The maximum absolute atomic E-state index is 10.3. The van der Waals surface area contributed by atoms with Gasteiger partial charge in [-0.3, -0.25) is 4.79 Å². The number of rotatable bonds is 5. The zero-order valence-electron chi connectivity index (χ0n) is 7.23. The van der Waals surface area contributed by atoms with Crippen molar-refractivity contribution in [3.8, 4) is 0 Å². The Labute approximate surface area is 76.1 Å². The van der Waals surface area contributed by atoms with Gasteiger partial charge in [-0.2, -0.15) is 11.8 Å². The van der Waals surface area contributed by atoms with Crippen LogP contribution >= 0.6 is 11.8 Å². The van der Waals surface area contributed by atoms with Gasteiger partial charge in [-0.25, -0.2) is 0 Å². The first-order chi connectivity index (χ1) is 5.45. The lowest BCUT2D eigenvalue weighted by molar-refractivity contribution is -0.137. The highest BCUT2D eigenvalue weighted by molar-refractivity contribution is 8.00. The topological polar surface area (TPSA) is 83.5 Å². The molecule has 12 heavy (non-hydrogen) atoms. The normalized spacial score (nSPS) is 18.3. The van der Waals surface area contributed by atoms with Crippen molar-refractivity contribution in [3.05, 3.63) is 0 Å². The van der Waals surface area contributed by atoms with Crippen LogP contribution in [0.5, 0.6) is 0 Å². The number of carboxylic acid groups (broad SMARTS) is 1. The number of hydrogen-bond donors (Lipinski definition) is 3. The average Bonchev–Trinajstić information content (AvgIpc) is 1.98. The molecule has 5 heteroatoms. The molecular formula is C7H15NO3S. The molecule has 2 unspecified atom stereocenters. The molecule has 0 aliphatic heterocycles. The Kier molecular flexibility index (Phi) is 5.28. The number of nitrogens with two attached hydrogens (primary N) is 1. The fourth-order valence-electron chi connectivity index (χ4n) is 0.466. The first-order valence-electron chi connectivity index (χ1n) is 3.73. The van der Waals surface area contributed by atoms with Crippen LogP contribution in [-0.2, 0) is 4.79 Å². The monoisotopic (exact) mass is 193 g/mol. The Bertz CT molecular complexity index is 152. The molecule has 0 aromatic rings. The molecule has 0 saturated heterocycles. The number of aliphatic carboxylic acids is 1. The number of carboxylic acids is 1. The third kappa shape index (κ3) is 4.58. The zero-order chi connectivity index (χ0) is 9.72. The first-order valence-corrected chi connectivity index (χ1v) is 4.78. The highest BCUT2D eigenvalue weighted by Gasteiger charge is 2.15. The summed E-state index contributed by atoms with van der Waals surface area (Å²) in [6.07, 6.45) is -0.434. The van der Waals surface area contributed by atoms with Crippen molar-refractivity contribution < 1.29 is 15.0 Å². The van der Waals surface area contributed by atoms with Gasteiger partial charge >= 0.3 is 5.97 Å². The molecule has 0 rings (SSSR count). The van der Waals surface area contributed by atoms with Gasteiger partial charge in [-0.05, 0) is 6.92 Å². The molecule has 0 aromatic heterocycles. The zero-order valence-corrected chi connectivity index (χ0v) is 8.04. The molecular weight excluding hydrogens is 178 g/mol. The molecule has 4 N–H and O–H groups in total. The fourth-order valence-corrected chi connectivity index (χ4v) is 1.40. The van der Waals surface area contributed by atoms with Crippen LogP contribution in [0.3, 0.4) is 0 Å². The Hall–Kier alpha value is -0.260. The molecule has 0 heterocycles. The van der Waals surface area contributed by atoms with Crippen LogP contribution in [0, 0.1) is 0 Å². The van der Waals surface area contributed by atoms with Gasteiger partial charge in [0.05, 0.1) is 6.10 Å². The van der Waals surface area contributed by atoms with E-state index in [1.807, 2.05) is 6.92 Å². The van der Waals surface area contributed by atoms with Crippen molar-refractivity contribution in [1.82, 2.24) is 0 Å². The lowest BCUT2D eigenvalue weighted by Gasteiger charge is -2.15. The van der Waals surface area contributed by atoms with E-state index < -0.39 is 18.1 Å². The molecule has 72 valence electrons. The minimum absolute atomic E-state index is 0.0235. The Morgan fingerprint density at radius 3 is 2.42 bits per heavy atom. The molecule has 0 fully saturated rings. The molecule has 0 aliphatic carbocycles. The van der Waals surface area contributed by atoms with E-state index in [0.29, 0.717) is 5.75 Å². The van der Waals surface area contributed by atoms with Crippen LogP contribution in [0.15, 0.2) is 0 Å². The highest BCUT2D eigenvalue weighted by atomic mass is 32.2. The van der Waals surface area contributed by atoms with Crippen LogP contribution in [0.25, 0.3) is 0 Å². The molecule has 0 bridgehead atoms. The van der Waals surface area contributed by atoms with E-state index in [1.54, 1.807) is 6.92 Å². The number of hydrogen-bond acceptors (Lipinski definition) is 4. The van der Waals surface area contributed by atoms with E-state index in [2.05, 4.69) is 0 Å². The molecule has 0 radical (unpaired) electrons. The lowest BCUT2D eigenvalue weighted by atomic mass is 10.3. The standard InChI is InChI=1S/C7H15NO3S/c1-4(9)5(2)12-3-6(8)7(10)11/h4-6,9H,3,8H2,1-2H3,(H,10,11)/t4?,5?,6-/m0/s1. The van der Waals surface area contributed by atoms with Gasteiger partial charge < -0.3 is 15.9 Å². The number of aliphatic hydroxyl groups excluding tert-OH is 1. The van der Waals surface area contributed by atoms with E-state index in [0.717, 1.165) is 0 Å². The third-order valence-electron chi connectivity index (χ3n) is 1.54. The predicted molar refractivity (Wildman–Crippen MR) is 49.2 cm³/mol. The van der Waals surface area contributed by atoms with Crippen LogP contribution in [0.1, 0.15) is 13.8 Å². The second-order valence-corrected chi connectivity index (χ2v) is 4.13. The first kappa shape index (κ1) is 11.7. The van der Waals surface area contributed by atoms with Crippen LogP contribution in [0.2, 0.25) is 0 Å². The molecule has 0 aliphatic rings. The number of aliphatic hydroxyl groups is 1.